The van der Waals surface area contributed by atoms with E-state index in [1.165, 1.54) is 0 Å². The second-order valence-electron chi connectivity index (χ2n) is 4.25. The number of nitrogens with two attached hydrogens (primary N) is 1. The summed E-state index contributed by atoms with van der Waals surface area (Å²) >= 11 is 0. The number of rotatable bonds is 2. The molecule has 19 heavy (non-hydrogen) atoms. The lowest BCUT2D eigenvalue weighted by atomic mass is 10.1. The number of aryl methyl sites for hydroxylation is 1. The van der Waals surface area contributed by atoms with Gasteiger partial charge < -0.3 is 10.3 Å². The lowest BCUT2D eigenvalue weighted by molar-refractivity contribution is 0.432. The van der Waals surface area contributed by atoms with Crippen molar-refractivity contribution in [3.63, 3.8) is 0 Å². The van der Waals surface area contributed by atoms with Gasteiger partial charge in [0.2, 0.25) is 5.82 Å². The molecule has 0 amide bonds. The van der Waals surface area contributed by atoms with Gasteiger partial charge in [0, 0.05) is 23.6 Å². The zero-order valence-corrected chi connectivity index (χ0v) is 10.4. The summed E-state index contributed by atoms with van der Waals surface area (Å²) in [6, 6.07) is 9.36. The molecule has 2 heterocycles. The fourth-order valence-corrected chi connectivity index (χ4v) is 1.81. The molecule has 0 aliphatic carbocycles. The molecule has 0 bridgehead atoms. The molecule has 5 heteroatoms. The highest BCUT2D eigenvalue weighted by molar-refractivity contribution is 5.72. The van der Waals surface area contributed by atoms with Crippen LogP contribution in [0.1, 0.15) is 5.56 Å². The monoisotopic (exact) mass is 252 g/mol. The zero-order chi connectivity index (χ0) is 13.2. The smallest absolute Gasteiger partial charge is 0.260 e. The fourth-order valence-electron chi connectivity index (χ4n) is 1.81. The maximum Gasteiger partial charge on any atom is 0.260 e. The third kappa shape index (κ3) is 2.18. The number of aromatic nitrogens is 3. The molecule has 0 atom stereocenters. The van der Waals surface area contributed by atoms with Gasteiger partial charge in [-0.25, -0.2) is 0 Å². The molecule has 2 aromatic heterocycles. The normalized spacial score (nSPS) is 10.6. The molecule has 0 unspecified atom stereocenters. The molecular formula is C14H12N4O. The maximum absolute atomic E-state index is 5.93. The van der Waals surface area contributed by atoms with Crippen molar-refractivity contribution in [1.82, 2.24) is 15.1 Å². The summed E-state index contributed by atoms with van der Waals surface area (Å²) in [5, 5.41) is 3.96. The van der Waals surface area contributed by atoms with Crippen LogP contribution in [0.15, 0.2) is 47.2 Å². The third-order valence-electron chi connectivity index (χ3n) is 2.80. The minimum atomic E-state index is 0.424. The van der Waals surface area contributed by atoms with Gasteiger partial charge in [-0.15, -0.1) is 0 Å². The molecule has 5 nitrogen and oxygen atoms in total. The number of anilines is 1. The van der Waals surface area contributed by atoms with Crippen molar-refractivity contribution >= 4 is 5.69 Å². The molecule has 0 radical (unpaired) electrons. The Morgan fingerprint density at radius 2 is 1.89 bits per heavy atom. The Labute approximate surface area is 110 Å². The first-order valence-electron chi connectivity index (χ1n) is 5.84. The van der Waals surface area contributed by atoms with E-state index in [-0.39, 0.29) is 0 Å². The average molecular weight is 252 g/mol. The molecule has 3 rings (SSSR count). The van der Waals surface area contributed by atoms with Crippen LogP contribution in [0.5, 0.6) is 0 Å². The van der Waals surface area contributed by atoms with Crippen molar-refractivity contribution in [2.24, 2.45) is 0 Å². The predicted octanol–water partition coefficient (Wildman–Crippen LogP) is 2.69. The standard InChI is InChI=1S/C14H12N4O/c1-9-2-3-12(15)11(8-9)14-17-13(18-19-14)10-4-6-16-7-5-10/h2-8H,15H2,1H3. The van der Waals surface area contributed by atoms with E-state index in [0.717, 1.165) is 16.7 Å². The van der Waals surface area contributed by atoms with Crippen LogP contribution in [0.25, 0.3) is 22.8 Å². The van der Waals surface area contributed by atoms with Crippen molar-refractivity contribution in [3.8, 4) is 22.8 Å². The van der Waals surface area contributed by atoms with Crippen LogP contribution < -0.4 is 5.73 Å². The molecule has 0 saturated carbocycles. The van der Waals surface area contributed by atoms with E-state index in [2.05, 4.69) is 15.1 Å². The molecule has 2 N–H and O–H groups in total. The number of nitrogens with zero attached hydrogens (tertiary/aromatic N) is 3. The number of pyridine rings is 1. The molecule has 1 aromatic carbocycles. The van der Waals surface area contributed by atoms with E-state index in [1.54, 1.807) is 12.4 Å². The highest BCUT2D eigenvalue weighted by Crippen LogP contribution is 2.27. The van der Waals surface area contributed by atoms with Crippen LogP contribution in [0.4, 0.5) is 5.69 Å². The molecule has 0 aliphatic rings. The van der Waals surface area contributed by atoms with Gasteiger partial charge in [-0.2, -0.15) is 4.98 Å². The van der Waals surface area contributed by atoms with Crippen molar-refractivity contribution in [2.75, 3.05) is 5.73 Å². The van der Waals surface area contributed by atoms with Gasteiger partial charge in [-0.3, -0.25) is 4.98 Å². The molecule has 3 aromatic rings. The maximum atomic E-state index is 5.93. The van der Waals surface area contributed by atoms with Crippen LogP contribution in [0.3, 0.4) is 0 Å². The summed E-state index contributed by atoms with van der Waals surface area (Å²) in [4.78, 5) is 8.32. The lowest BCUT2D eigenvalue weighted by Gasteiger charge is -2.01. The van der Waals surface area contributed by atoms with E-state index in [4.69, 9.17) is 10.3 Å². The van der Waals surface area contributed by atoms with Crippen LogP contribution in [0.2, 0.25) is 0 Å². The largest absolute Gasteiger partial charge is 0.398 e. The zero-order valence-electron chi connectivity index (χ0n) is 10.4. The summed E-state index contributed by atoms with van der Waals surface area (Å²) < 4.78 is 5.28. The molecule has 0 fully saturated rings. The van der Waals surface area contributed by atoms with Crippen molar-refractivity contribution in [2.45, 2.75) is 6.92 Å². The summed E-state index contributed by atoms with van der Waals surface area (Å²) in [5.41, 5.74) is 9.26. The molecule has 94 valence electrons. The predicted molar refractivity (Wildman–Crippen MR) is 72.1 cm³/mol. The third-order valence-corrected chi connectivity index (χ3v) is 2.80. The number of benzene rings is 1. The van der Waals surface area contributed by atoms with Gasteiger partial charge in [-0.05, 0) is 31.2 Å². The highest BCUT2D eigenvalue weighted by Gasteiger charge is 2.12. The van der Waals surface area contributed by atoms with Gasteiger partial charge in [0.1, 0.15) is 0 Å². The van der Waals surface area contributed by atoms with Gasteiger partial charge in [0.15, 0.2) is 0 Å². The quantitative estimate of drug-likeness (QED) is 0.709. The van der Waals surface area contributed by atoms with Crippen molar-refractivity contribution < 1.29 is 4.52 Å². The lowest BCUT2D eigenvalue weighted by Crippen LogP contribution is -1.91. The van der Waals surface area contributed by atoms with Gasteiger partial charge in [-0.1, -0.05) is 16.8 Å². The average Bonchev–Trinajstić information content (AvgIpc) is 2.92. The van der Waals surface area contributed by atoms with Crippen LogP contribution in [-0.4, -0.2) is 15.1 Å². The topological polar surface area (TPSA) is 77.8 Å². The van der Waals surface area contributed by atoms with Gasteiger partial charge >= 0.3 is 0 Å². The molecular weight excluding hydrogens is 240 g/mol. The number of hydrogen-bond acceptors (Lipinski definition) is 5. The Morgan fingerprint density at radius 3 is 2.68 bits per heavy atom. The van der Waals surface area contributed by atoms with E-state index in [1.807, 2.05) is 37.3 Å². The Kier molecular flexibility index (Phi) is 2.72. The van der Waals surface area contributed by atoms with Gasteiger partial charge in [0.25, 0.3) is 5.89 Å². The van der Waals surface area contributed by atoms with E-state index in [9.17, 15) is 0 Å². The minimum absolute atomic E-state index is 0.424. The fraction of sp³-hybridized carbons (Fsp3) is 0.0714. The Morgan fingerprint density at radius 1 is 1.11 bits per heavy atom. The van der Waals surface area contributed by atoms with E-state index < -0.39 is 0 Å². The Bertz CT molecular complexity index is 706. The summed E-state index contributed by atoms with van der Waals surface area (Å²) in [5.74, 6) is 0.950. The Hall–Kier alpha value is -2.69. The van der Waals surface area contributed by atoms with Crippen molar-refractivity contribution in [3.05, 3.63) is 48.3 Å². The van der Waals surface area contributed by atoms with Crippen molar-refractivity contribution in [1.29, 1.82) is 0 Å². The van der Waals surface area contributed by atoms with Crippen LogP contribution >= 0.6 is 0 Å². The first-order valence-corrected chi connectivity index (χ1v) is 5.84. The van der Waals surface area contributed by atoms with Crippen LogP contribution in [-0.2, 0) is 0 Å². The van der Waals surface area contributed by atoms with Crippen LogP contribution in [0, 0.1) is 6.92 Å². The SMILES string of the molecule is Cc1ccc(N)c(-c2nc(-c3ccncc3)no2)c1. The van der Waals surface area contributed by atoms with Gasteiger partial charge in [0.05, 0.1) is 5.56 Å². The minimum Gasteiger partial charge on any atom is -0.398 e. The number of hydrogen-bond donors (Lipinski definition) is 1. The summed E-state index contributed by atoms with van der Waals surface area (Å²) in [7, 11) is 0. The second kappa shape index (κ2) is 4.53. The summed E-state index contributed by atoms with van der Waals surface area (Å²) in [6.07, 6.45) is 3.37. The molecule has 0 aliphatic heterocycles. The molecule has 0 spiro atoms. The summed E-state index contributed by atoms with van der Waals surface area (Å²) in [6.45, 7) is 1.99. The van der Waals surface area contributed by atoms with E-state index in [0.29, 0.717) is 17.4 Å². The number of nitrogen functional groups attached to an aromatic ring is 1. The second-order valence-corrected chi connectivity index (χ2v) is 4.25. The first-order chi connectivity index (χ1) is 9.24. The molecule has 0 saturated heterocycles. The first kappa shape index (κ1) is 11.4. The van der Waals surface area contributed by atoms with E-state index >= 15 is 0 Å². The highest BCUT2D eigenvalue weighted by atomic mass is 16.5. The Balaban J connectivity index is 2.04.